The lowest BCUT2D eigenvalue weighted by Gasteiger charge is -2.41. The summed E-state index contributed by atoms with van der Waals surface area (Å²) < 4.78 is 0. The van der Waals surface area contributed by atoms with Gasteiger partial charge in [0.2, 0.25) is 5.91 Å². The quantitative estimate of drug-likeness (QED) is 0.910. The van der Waals surface area contributed by atoms with Gasteiger partial charge in [-0.3, -0.25) is 4.79 Å². The number of likely N-dealkylation sites (N-methyl/N-ethyl adjacent to an activating group) is 1. The number of hydrogen-bond acceptors (Lipinski definition) is 3. The van der Waals surface area contributed by atoms with Crippen LogP contribution in [0, 0.1) is 0 Å². The summed E-state index contributed by atoms with van der Waals surface area (Å²) in [4.78, 5) is 16.7. The zero-order valence-electron chi connectivity index (χ0n) is 15.1. The van der Waals surface area contributed by atoms with Crippen molar-refractivity contribution >= 4 is 23.0 Å². The van der Waals surface area contributed by atoms with E-state index in [0.717, 1.165) is 11.4 Å². The second kappa shape index (κ2) is 6.10. The zero-order chi connectivity index (χ0) is 17.6. The second-order valence-corrected chi connectivity index (χ2v) is 7.19. The van der Waals surface area contributed by atoms with Crippen molar-refractivity contribution in [1.82, 2.24) is 0 Å². The lowest BCUT2D eigenvalue weighted by molar-refractivity contribution is -0.119. The summed E-state index contributed by atoms with van der Waals surface area (Å²) in [5.74, 6) is 0.178. The molecule has 1 unspecified atom stereocenters. The highest BCUT2D eigenvalue weighted by atomic mass is 16.2. The monoisotopic (exact) mass is 335 g/mol. The van der Waals surface area contributed by atoms with Gasteiger partial charge in [-0.25, -0.2) is 0 Å². The number of rotatable bonds is 4. The van der Waals surface area contributed by atoms with Crippen LogP contribution in [0.3, 0.4) is 0 Å². The van der Waals surface area contributed by atoms with Crippen LogP contribution >= 0.6 is 0 Å². The molecule has 2 atom stereocenters. The van der Waals surface area contributed by atoms with Gasteiger partial charge in [-0.05, 0) is 50.5 Å². The number of anilines is 3. The van der Waals surface area contributed by atoms with Gasteiger partial charge in [0.1, 0.15) is 6.04 Å². The van der Waals surface area contributed by atoms with Crippen molar-refractivity contribution in [2.45, 2.75) is 44.8 Å². The molecule has 0 aromatic heterocycles. The van der Waals surface area contributed by atoms with Crippen LogP contribution in [0.1, 0.15) is 38.3 Å². The van der Waals surface area contributed by atoms with Crippen LogP contribution in [0.4, 0.5) is 17.1 Å². The van der Waals surface area contributed by atoms with E-state index in [1.54, 1.807) is 4.90 Å². The molecular weight excluding hydrogens is 310 g/mol. The minimum atomic E-state index is -0.0909. The first-order valence-corrected chi connectivity index (χ1v) is 9.07. The minimum absolute atomic E-state index is 0.0909. The minimum Gasteiger partial charge on any atom is -0.378 e. The number of nitrogens with zero attached hydrogens (tertiary/aromatic N) is 2. The average Bonchev–Trinajstić information content (AvgIpc) is 3.45. The van der Waals surface area contributed by atoms with E-state index in [0.29, 0.717) is 6.04 Å². The van der Waals surface area contributed by atoms with E-state index >= 15 is 0 Å². The van der Waals surface area contributed by atoms with Crippen LogP contribution in [-0.2, 0) is 4.79 Å². The van der Waals surface area contributed by atoms with Gasteiger partial charge in [-0.2, -0.15) is 0 Å². The molecule has 1 aliphatic carbocycles. The molecule has 130 valence electrons. The number of benzene rings is 2. The topological polar surface area (TPSA) is 35.6 Å². The molecule has 1 heterocycles. The van der Waals surface area contributed by atoms with Gasteiger partial charge in [0, 0.05) is 24.8 Å². The van der Waals surface area contributed by atoms with Crippen LogP contribution < -0.4 is 15.1 Å². The third-order valence-corrected chi connectivity index (χ3v) is 5.34. The molecule has 0 radical (unpaired) electrons. The number of hydrogen-bond donors (Lipinski definition) is 1. The maximum atomic E-state index is 12.5. The van der Waals surface area contributed by atoms with E-state index in [9.17, 15) is 4.79 Å². The van der Waals surface area contributed by atoms with Crippen LogP contribution in [0.2, 0.25) is 0 Å². The smallest absolute Gasteiger partial charge is 0.249 e. The maximum absolute atomic E-state index is 12.5. The number of carbonyl (C=O) groups excluding carboxylic acids is 1. The number of carbonyl (C=O) groups is 1. The summed E-state index contributed by atoms with van der Waals surface area (Å²) in [5, 5.41) is 3.60. The predicted octanol–water partition coefficient (Wildman–Crippen LogP) is 4.19. The molecule has 25 heavy (non-hydrogen) atoms. The fourth-order valence-electron chi connectivity index (χ4n) is 3.77. The van der Waals surface area contributed by atoms with E-state index in [-0.39, 0.29) is 18.0 Å². The van der Waals surface area contributed by atoms with E-state index in [1.165, 1.54) is 24.1 Å². The molecule has 1 aliphatic heterocycles. The van der Waals surface area contributed by atoms with E-state index in [2.05, 4.69) is 59.6 Å². The fraction of sp³-hybridized carbons (Fsp3) is 0.381. The van der Waals surface area contributed by atoms with Crippen molar-refractivity contribution in [2.24, 2.45) is 0 Å². The Labute approximate surface area is 149 Å². The largest absolute Gasteiger partial charge is 0.378 e. The molecule has 1 saturated carbocycles. The van der Waals surface area contributed by atoms with Gasteiger partial charge in [-0.15, -0.1) is 0 Å². The molecule has 4 nitrogen and oxygen atoms in total. The molecule has 1 fully saturated rings. The number of amides is 1. The van der Waals surface area contributed by atoms with Gasteiger partial charge < -0.3 is 15.1 Å². The van der Waals surface area contributed by atoms with Gasteiger partial charge in [0.05, 0.1) is 11.4 Å². The molecule has 0 saturated heterocycles. The van der Waals surface area contributed by atoms with Crippen LogP contribution in [0.25, 0.3) is 0 Å². The Morgan fingerprint density at radius 3 is 2.48 bits per heavy atom. The summed E-state index contributed by atoms with van der Waals surface area (Å²) in [6, 6.07) is 17.4. The lowest BCUT2D eigenvalue weighted by Crippen LogP contribution is -2.51. The summed E-state index contributed by atoms with van der Waals surface area (Å²) in [5.41, 5.74) is 4.53. The Morgan fingerprint density at radius 1 is 1.08 bits per heavy atom. The first-order chi connectivity index (χ1) is 12.1. The molecule has 4 rings (SSSR count). The van der Waals surface area contributed by atoms with Crippen molar-refractivity contribution in [3.05, 3.63) is 54.1 Å². The third kappa shape index (κ3) is 2.86. The average molecular weight is 335 g/mol. The fourth-order valence-corrected chi connectivity index (χ4v) is 3.77. The highest BCUT2D eigenvalue weighted by Crippen LogP contribution is 2.43. The van der Waals surface area contributed by atoms with Gasteiger partial charge >= 0.3 is 0 Å². The lowest BCUT2D eigenvalue weighted by atomic mass is 10.1. The first kappa shape index (κ1) is 16.0. The van der Waals surface area contributed by atoms with E-state index < -0.39 is 0 Å². The Hall–Kier alpha value is -2.49. The van der Waals surface area contributed by atoms with Gasteiger partial charge in [-0.1, -0.05) is 30.3 Å². The first-order valence-electron chi connectivity index (χ1n) is 9.07. The highest BCUT2D eigenvalue weighted by molar-refractivity contribution is 6.05. The Bertz CT molecular complexity index is 785. The molecule has 0 bridgehead atoms. The van der Waals surface area contributed by atoms with Crippen molar-refractivity contribution in [3.63, 3.8) is 0 Å². The molecule has 1 amide bonds. The third-order valence-electron chi connectivity index (χ3n) is 5.34. The summed E-state index contributed by atoms with van der Waals surface area (Å²) in [6.45, 7) is 4.19. The molecule has 4 heteroatoms. The molecule has 0 spiro atoms. The van der Waals surface area contributed by atoms with Crippen molar-refractivity contribution in [3.8, 4) is 0 Å². The number of nitrogens with one attached hydrogen (secondary N) is 1. The molecule has 2 aliphatic rings. The van der Waals surface area contributed by atoms with Crippen molar-refractivity contribution < 1.29 is 4.79 Å². The number of fused-ring (bicyclic) bond motifs is 1. The van der Waals surface area contributed by atoms with Crippen LogP contribution in [0.15, 0.2) is 48.5 Å². The zero-order valence-corrected chi connectivity index (χ0v) is 15.1. The molecule has 2 aromatic carbocycles. The summed E-state index contributed by atoms with van der Waals surface area (Å²) in [6.07, 6.45) is 2.36. The predicted molar refractivity (Wildman–Crippen MR) is 103 cm³/mol. The Balaban J connectivity index is 1.65. The van der Waals surface area contributed by atoms with Crippen molar-refractivity contribution in [2.75, 3.05) is 22.2 Å². The Kier molecular flexibility index (Phi) is 3.91. The normalized spacial score (nSPS) is 21.1. The molecular formula is C21H25N3O. The Morgan fingerprint density at radius 2 is 1.80 bits per heavy atom. The van der Waals surface area contributed by atoms with E-state index in [1.807, 2.05) is 20.0 Å². The van der Waals surface area contributed by atoms with E-state index in [4.69, 9.17) is 0 Å². The highest BCUT2D eigenvalue weighted by Gasteiger charge is 2.41. The SMILES string of the molecule is CC1C(=O)N(C)c2ccc(N[C@H](C)c3ccccc3)cc2N1C1CC1. The second-order valence-electron chi connectivity index (χ2n) is 7.19. The van der Waals surface area contributed by atoms with Gasteiger partial charge in [0.15, 0.2) is 0 Å². The van der Waals surface area contributed by atoms with Crippen LogP contribution in [0.5, 0.6) is 0 Å². The molecule has 2 aromatic rings. The van der Waals surface area contributed by atoms with Gasteiger partial charge in [0.25, 0.3) is 0 Å². The maximum Gasteiger partial charge on any atom is 0.249 e. The standard InChI is InChI=1S/C21H25N3O/c1-14(16-7-5-4-6-8-16)22-17-9-12-19-20(13-17)24(18-10-11-18)15(2)21(25)23(19)3/h4-9,12-15,18,22H,10-11H2,1-3H3/t14-,15?/m1/s1. The van der Waals surface area contributed by atoms with Crippen LogP contribution in [-0.4, -0.2) is 25.0 Å². The summed E-state index contributed by atoms with van der Waals surface area (Å²) in [7, 11) is 1.88. The molecule has 1 N–H and O–H groups in total. The summed E-state index contributed by atoms with van der Waals surface area (Å²) >= 11 is 0. The van der Waals surface area contributed by atoms with Crippen molar-refractivity contribution in [1.29, 1.82) is 0 Å².